The van der Waals surface area contributed by atoms with Gasteiger partial charge in [-0.25, -0.2) is 14.5 Å². The van der Waals surface area contributed by atoms with E-state index in [0.29, 0.717) is 11.4 Å². The van der Waals surface area contributed by atoms with E-state index < -0.39 is 17.0 Å². The van der Waals surface area contributed by atoms with Gasteiger partial charge in [0.25, 0.3) is 11.6 Å². The number of carbonyl (C=O) groups excluding carboxylic acids is 1. The van der Waals surface area contributed by atoms with Crippen molar-refractivity contribution >= 4 is 11.7 Å². The summed E-state index contributed by atoms with van der Waals surface area (Å²) >= 11 is 0. The van der Waals surface area contributed by atoms with Crippen LogP contribution in [-0.2, 0) is 4.74 Å². The number of esters is 1. The summed E-state index contributed by atoms with van der Waals surface area (Å²) in [5.74, 6) is 0.248. The third-order valence-corrected chi connectivity index (χ3v) is 4.61. The number of rotatable bonds is 6. The van der Waals surface area contributed by atoms with Crippen molar-refractivity contribution in [3.63, 3.8) is 0 Å². The molecule has 0 radical (unpaired) electrons. The average molecular weight is 434 g/mol. The number of hydrogen-bond acceptors (Lipinski definition) is 9. The Morgan fingerprint density at radius 1 is 1.16 bits per heavy atom. The Morgan fingerprint density at radius 3 is 2.50 bits per heavy atom. The maximum atomic E-state index is 12.5. The molecule has 0 fully saturated rings. The van der Waals surface area contributed by atoms with Crippen LogP contribution < -0.4 is 0 Å². The molecule has 0 aliphatic rings. The largest absolute Gasteiger partial charge is 0.449 e. The molecule has 0 aliphatic carbocycles. The predicted molar refractivity (Wildman–Crippen MR) is 111 cm³/mol. The molecule has 32 heavy (non-hydrogen) atoms. The SMILES string of the molecule is Cc1cc(C)n(-c2ccc(C(=O)OC(C)c3nnc(-c4ccc([N+](=O)[O-])cc4)o3)cn2)n1. The zero-order chi connectivity index (χ0) is 22.8. The van der Waals surface area contributed by atoms with Crippen molar-refractivity contribution < 1.29 is 18.9 Å². The quantitative estimate of drug-likeness (QED) is 0.252. The van der Waals surface area contributed by atoms with Gasteiger partial charge >= 0.3 is 5.97 Å². The highest BCUT2D eigenvalue weighted by atomic mass is 16.6. The van der Waals surface area contributed by atoms with E-state index in [4.69, 9.17) is 9.15 Å². The van der Waals surface area contributed by atoms with Gasteiger partial charge in [-0.15, -0.1) is 10.2 Å². The van der Waals surface area contributed by atoms with Crippen molar-refractivity contribution in [2.75, 3.05) is 0 Å². The molecule has 4 aromatic rings. The maximum Gasteiger partial charge on any atom is 0.340 e. The molecular formula is C21H18N6O5. The predicted octanol–water partition coefficient (Wildman–Crippen LogP) is 3.76. The number of hydrogen-bond donors (Lipinski definition) is 0. The van der Waals surface area contributed by atoms with Crippen molar-refractivity contribution in [2.45, 2.75) is 26.9 Å². The summed E-state index contributed by atoms with van der Waals surface area (Å²) in [5, 5.41) is 23.0. The van der Waals surface area contributed by atoms with Gasteiger partial charge in [0.1, 0.15) is 0 Å². The van der Waals surface area contributed by atoms with E-state index >= 15 is 0 Å². The fraction of sp³-hybridized carbons (Fsp3) is 0.190. The topological polar surface area (TPSA) is 139 Å². The number of nitrogens with zero attached hydrogens (tertiary/aromatic N) is 6. The lowest BCUT2D eigenvalue weighted by atomic mass is 10.2. The maximum absolute atomic E-state index is 12.5. The summed E-state index contributed by atoms with van der Waals surface area (Å²) < 4.78 is 12.7. The fourth-order valence-electron chi connectivity index (χ4n) is 3.01. The van der Waals surface area contributed by atoms with Gasteiger partial charge in [-0.1, -0.05) is 0 Å². The number of benzene rings is 1. The van der Waals surface area contributed by atoms with Crippen molar-refractivity contribution in [3.8, 4) is 17.3 Å². The second-order valence-corrected chi connectivity index (χ2v) is 7.04. The van der Waals surface area contributed by atoms with Crippen molar-refractivity contribution in [1.29, 1.82) is 0 Å². The first-order valence-corrected chi connectivity index (χ1v) is 9.60. The van der Waals surface area contributed by atoms with Crippen molar-refractivity contribution in [3.05, 3.63) is 81.6 Å². The van der Waals surface area contributed by atoms with Crippen LogP contribution in [0.25, 0.3) is 17.3 Å². The number of aromatic nitrogens is 5. The number of non-ortho nitro benzene ring substituents is 1. The molecule has 0 aliphatic heterocycles. The Hall–Kier alpha value is -4.41. The number of pyridine rings is 1. The van der Waals surface area contributed by atoms with Gasteiger partial charge in [-0.2, -0.15) is 5.10 Å². The molecule has 0 saturated carbocycles. The summed E-state index contributed by atoms with van der Waals surface area (Å²) in [6.07, 6.45) is 0.606. The van der Waals surface area contributed by atoms with E-state index in [1.807, 2.05) is 19.9 Å². The molecule has 11 heteroatoms. The van der Waals surface area contributed by atoms with Crippen LogP contribution in [0.2, 0.25) is 0 Å². The molecule has 3 aromatic heterocycles. The lowest BCUT2D eigenvalue weighted by Crippen LogP contribution is -2.11. The van der Waals surface area contributed by atoms with Crippen LogP contribution in [0.3, 0.4) is 0 Å². The molecule has 11 nitrogen and oxygen atoms in total. The zero-order valence-corrected chi connectivity index (χ0v) is 17.4. The molecule has 1 aromatic carbocycles. The minimum atomic E-state index is -0.808. The number of nitro groups is 1. The lowest BCUT2D eigenvalue weighted by Gasteiger charge is -2.10. The van der Waals surface area contributed by atoms with Crippen LogP contribution in [0.5, 0.6) is 0 Å². The Kier molecular flexibility index (Phi) is 5.46. The van der Waals surface area contributed by atoms with Gasteiger partial charge in [0.05, 0.1) is 16.2 Å². The number of ether oxygens (including phenoxy) is 1. The van der Waals surface area contributed by atoms with E-state index in [-0.39, 0.29) is 23.0 Å². The van der Waals surface area contributed by atoms with Gasteiger partial charge in [-0.3, -0.25) is 10.1 Å². The van der Waals surface area contributed by atoms with E-state index in [9.17, 15) is 14.9 Å². The van der Waals surface area contributed by atoms with Gasteiger partial charge in [-0.05, 0) is 51.1 Å². The number of nitro benzene ring substituents is 1. The first-order chi connectivity index (χ1) is 15.3. The molecule has 1 atom stereocenters. The molecule has 0 saturated heterocycles. The Balaban J connectivity index is 1.43. The minimum absolute atomic E-state index is 0.0479. The standard InChI is InChI=1S/C21H18N6O5/c1-12-10-13(2)26(25-12)18-9-6-16(11-22-18)21(28)31-14(3)19-23-24-20(32-19)15-4-7-17(8-5-15)27(29)30/h4-11,14H,1-3H3. The number of aryl methyl sites for hydroxylation is 2. The molecule has 3 heterocycles. The Morgan fingerprint density at radius 2 is 1.91 bits per heavy atom. The first-order valence-electron chi connectivity index (χ1n) is 9.60. The Labute approximate surface area is 181 Å². The van der Waals surface area contributed by atoms with Gasteiger partial charge in [0.15, 0.2) is 11.9 Å². The van der Waals surface area contributed by atoms with Crippen LogP contribution in [0.4, 0.5) is 5.69 Å². The van der Waals surface area contributed by atoms with Crippen LogP contribution in [0, 0.1) is 24.0 Å². The van der Waals surface area contributed by atoms with Crippen LogP contribution in [-0.4, -0.2) is 35.9 Å². The average Bonchev–Trinajstić information content (AvgIpc) is 3.40. The molecule has 0 amide bonds. The zero-order valence-electron chi connectivity index (χ0n) is 17.4. The third kappa shape index (κ3) is 4.21. The molecule has 162 valence electrons. The minimum Gasteiger partial charge on any atom is -0.449 e. The van der Waals surface area contributed by atoms with E-state index in [0.717, 1.165) is 11.4 Å². The molecule has 0 bridgehead atoms. The normalized spacial score (nSPS) is 11.8. The van der Waals surface area contributed by atoms with Gasteiger partial charge < -0.3 is 9.15 Å². The summed E-state index contributed by atoms with van der Waals surface area (Å²) in [4.78, 5) is 27.0. The van der Waals surface area contributed by atoms with Crippen molar-refractivity contribution in [2.24, 2.45) is 0 Å². The van der Waals surface area contributed by atoms with E-state index in [1.54, 1.807) is 23.7 Å². The fourth-order valence-corrected chi connectivity index (χ4v) is 3.01. The second kappa shape index (κ2) is 8.38. The summed E-state index contributed by atoms with van der Waals surface area (Å²) in [6, 6.07) is 10.9. The second-order valence-electron chi connectivity index (χ2n) is 7.04. The Bertz CT molecular complexity index is 1280. The highest BCUT2D eigenvalue weighted by Gasteiger charge is 2.21. The summed E-state index contributed by atoms with van der Waals surface area (Å²) in [6.45, 7) is 5.41. The highest BCUT2D eigenvalue weighted by Crippen LogP contribution is 2.25. The molecular weight excluding hydrogens is 416 g/mol. The smallest absolute Gasteiger partial charge is 0.340 e. The molecule has 1 unspecified atom stereocenters. The monoisotopic (exact) mass is 434 g/mol. The van der Waals surface area contributed by atoms with E-state index in [1.165, 1.54) is 30.5 Å². The van der Waals surface area contributed by atoms with Gasteiger partial charge in [0, 0.05) is 29.6 Å². The van der Waals surface area contributed by atoms with Crippen LogP contribution in [0.1, 0.15) is 40.7 Å². The molecule has 4 rings (SSSR count). The third-order valence-electron chi connectivity index (χ3n) is 4.61. The summed E-state index contributed by atoms with van der Waals surface area (Å²) in [5.41, 5.74) is 2.52. The molecule has 0 N–H and O–H groups in total. The lowest BCUT2D eigenvalue weighted by molar-refractivity contribution is -0.384. The van der Waals surface area contributed by atoms with Crippen LogP contribution in [0.15, 0.2) is 53.1 Å². The van der Waals surface area contributed by atoms with Crippen molar-refractivity contribution in [1.82, 2.24) is 25.0 Å². The van der Waals surface area contributed by atoms with Gasteiger partial charge in [0.2, 0.25) is 5.89 Å². The van der Waals surface area contributed by atoms with Crippen LogP contribution >= 0.6 is 0 Å². The molecule has 0 spiro atoms. The highest BCUT2D eigenvalue weighted by molar-refractivity contribution is 5.89. The van der Waals surface area contributed by atoms with E-state index in [2.05, 4.69) is 20.3 Å². The number of carbonyl (C=O) groups is 1. The summed E-state index contributed by atoms with van der Waals surface area (Å²) in [7, 11) is 0. The first kappa shape index (κ1) is 20.8.